The number of carbonyl (C=O) groups is 2. The smallest absolute Gasteiger partial charge is 0.326 e. The number of benzene rings is 1. The van der Waals surface area contributed by atoms with Crippen molar-refractivity contribution in [1.82, 2.24) is 5.32 Å². The summed E-state index contributed by atoms with van der Waals surface area (Å²) in [6, 6.07) is 6.17. The van der Waals surface area contributed by atoms with Gasteiger partial charge in [-0.3, -0.25) is 4.79 Å². The second kappa shape index (κ2) is 8.86. The third kappa shape index (κ3) is 6.29. The van der Waals surface area contributed by atoms with Gasteiger partial charge in [0.2, 0.25) is 0 Å². The molecule has 1 atom stereocenters. The van der Waals surface area contributed by atoms with Crippen LogP contribution < -0.4 is 10.1 Å². The molecule has 0 bridgehead atoms. The molecule has 0 aromatic heterocycles. The van der Waals surface area contributed by atoms with Crippen molar-refractivity contribution in [2.75, 3.05) is 18.6 Å². The van der Waals surface area contributed by atoms with Crippen molar-refractivity contribution in [3.63, 3.8) is 0 Å². The van der Waals surface area contributed by atoms with E-state index in [1.165, 1.54) is 11.8 Å². The summed E-state index contributed by atoms with van der Waals surface area (Å²) >= 11 is 4.83. The number of hydrogen-bond acceptors (Lipinski definition) is 4. The minimum Gasteiger partial charge on any atom is -0.484 e. The van der Waals surface area contributed by atoms with E-state index in [2.05, 4.69) is 21.2 Å². The maximum Gasteiger partial charge on any atom is 0.326 e. The molecule has 0 radical (unpaired) electrons. The van der Waals surface area contributed by atoms with Crippen molar-refractivity contribution < 1.29 is 19.4 Å². The fourth-order valence-corrected chi connectivity index (χ4v) is 2.14. The lowest BCUT2D eigenvalue weighted by Crippen LogP contribution is -2.43. The molecule has 0 aliphatic carbocycles. The molecule has 1 aromatic rings. The molecule has 1 amide bonds. The second-order valence-electron chi connectivity index (χ2n) is 3.98. The summed E-state index contributed by atoms with van der Waals surface area (Å²) in [5, 5.41) is 11.4. The Bertz CT molecular complexity index is 452. The molecule has 7 heteroatoms. The quantitative estimate of drug-likeness (QED) is 0.741. The van der Waals surface area contributed by atoms with Crippen LogP contribution in [0.25, 0.3) is 0 Å². The van der Waals surface area contributed by atoms with Gasteiger partial charge in [-0.2, -0.15) is 11.8 Å². The van der Waals surface area contributed by atoms with E-state index < -0.39 is 17.9 Å². The maximum absolute atomic E-state index is 11.6. The van der Waals surface area contributed by atoms with Crippen LogP contribution >= 0.6 is 27.7 Å². The van der Waals surface area contributed by atoms with Gasteiger partial charge in [0.1, 0.15) is 11.8 Å². The molecule has 1 rings (SSSR count). The number of nitrogens with one attached hydrogen (secondary N) is 1. The molecule has 2 N–H and O–H groups in total. The Kier molecular flexibility index (Phi) is 7.46. The summed E-state index contributed by atoms with van der Waals surface area (Å²) in [5.74, 6) is -0.248. The molecular weight excluding hydrogens is 346 g/mol. The van der Waals surface area contributed by atoms with Gasteiger partial charge in [0.05, 0.1) is 0 Å². The first-order valence-electron chi connectivity index (χ1n) is 5.92. The zero-order valence-corrected chi connectivity index (χ0v) is 13.4. The number of ether oxygens (including phenoxy) is 1. The molecule has 1 aromatic carbocycles. The number of thioether (sulfide) groups is 1. The molecule has 0 saturated heterocycles. The van der Waals surface area contributed by atoms with Gasteiger partial charge in [0.15, 0.2) is 6.61 Å². The summed E-state index contributed by atoms with van der Waals surface area (Å²) < 4.78 is 6.19. The van der Waals surface area contributed by atoms with Crippen LogP contribution in [0.4, 0.5) is 0 Å². The molecule has 0 aliphatic rings. The SMILES string of the molecule is CSCC[C@@H](NC(=O)COc1ccc(Br)cc1)C(=O)O. The van der Waals surface area contributed by atoms with Crippen LogP contribution in [-0.2, 0) is 9.59 Å². The maximum atomic E-state index is 11.6. The summed E-state index contributed by atoms with van der Waals surface area (Å²) in [5.41, 5.74) is 0. The van der Waals surface area contributed by atoms with Crippen LogP contribution in [0.15, 0.2) is 28.7 Å². The number of carbonyl (C=O) groups excluding carboxylic acids is 1. The van der Waals surface area contributed by atoms with Crippen molar-refractivity contribution >= 4 is 39.6 Å². The Hall–Kier alpha value is -1.21. The molecule has 20 heavy (non-hydrogen) atoms. The second-order valence-corrected chi connectivity index (χ2v) is 5.88. The van der Waals surface area contributed by atoms with Crippen molar-refractivity contribution in [1.29, 1.82) is 0 Å². The molecule has 110 valence electrons. The zero-order chi connectivity index (χ0) is 15.0. The lowest BCUT2D eigenvalue weighted by atomic mass is 10.2. The minimum absolute atomic E-state index is 0.204. The van der Waals surface area contributed by atoms with Crippen LogP contribution in [0.2, 0.25) is 0 Å². The number of halogens is 1. The Morgan fingerprint density at radius 1 is 1.40 bits per heavy atom. The molecule has 0 unspecified atom stereocenters. The predicted molar refractivity (Wildman–Crippen MR) is 82.2 cm³/mol. The summed E-state index contributed by atoms with van der Waals surface area (Å²) in [6.07, 6.45) is 2.28. The molecular formula is C13H16BrNO4S. The van der Waals surface area contributed by atoms with Gasteiger partial charge in [-0.25, -0.2) is 4.79 Å². The Morgan fingerprint density at radius 2 is 2.05 bits per heavy atom. The number of hydrogen-bond donors (Lipinski definition) is 2. The lowest BCUT2D eigenvalue weighted by Gasteiger charge is -2.14. The fraction of sp³-hybridized carbons (Fsp3) is 0.385. The van der Waals surface area contributed by atoms with E-state index in [9.17, 15) is 9.59 Å². The monoisotopic (exact) mass is 361 g/mol. The van der Waals surface area contributed by atoms with Gasteiger partial charge < -0.3 is 15.2 Å². The lowest BCUT2D eigenvalue weighted by molar-refractivity contribution is -0.142. The molecule has 0 heterocycles. The highest BCUT2D eigenvalue weighted by Gasteiger charge is 2.19. The van der Waals surface area contributed by atoms with Crippen LogP contribution in [0.3, 0.4) is 0 Å². The molecule has 0 spiro atoms. The van der Waals surface area contributed by atoms with Gasteiger partial charge in [-0.15, -0.1) is 0 Å². The number of amides is 1. The average molecular weight is 362 g/mol. The third-order valence-electron chi connectivity index (χ3n) is 2.43. The average Bonchev–Trinajstić information content (AvgIpc) is 2.42. The number of carboxylic acid groups (broad SMARTS) is 1. The fourth-order valence-electron chi connectivity index (χ4n) is 1.41. The van der Waals surface area contributed by atoms with Crippen molar-refractivity contribution in [2.45, 2.75) is 12.5 Å². The van der Waals surface area contributed by atoms with Gasteiger partial charge in [0.25, 0.3) is 5.91 Å². The van der Waals surface area contributed by atoms with E-state index >= 15 is 0 Å². The highest BCUT2D eigenvalue weighted by atomic mass is 79.9. The Balaban J connectivity index is 2.41. The van der Waals surface area contributed by atoms with E-state index in [0.29, 0.717) is 17.9 Å². The zero-order valence-electron chi connectivity index (χ0n) is 11.0. The van der Waals surface area contributed by atoms with Crippen molar-refractivity contribution in [2.24, 2.45) is 0 Å². The topological polar surface area (TPSA) is 75.6 Å². The van der Waals surface area contributed by atoms with Crippen molar-refractivity contribution in [3.05, 3.63) is 28.7 Å². The first-order valence-corrected chi connectivity index (χ1v) is 8.11. The molecule has 0 saturated carbocycles. The number of carboxylic acids is 1. The first kappa shape index (κ1) is 16.8. The van der Waals surface area contributed by atoms with Gasteiger partial charge in [-0.05, 0) is 42.7 Å². The molecule has 0 aliphatic heterocycles. The minimum atomic E-state index is -1.03. The van der Waals surface area contributed by atoms with Crippen LogP contribution in [0, 0.1) is 0 Å². The van der Waals surface area contributed by atoms with Crippen LogP contribution in [0.5, 0.6) is 5.75 Å². The number of rotatable bonds is 8. The van der Waals surface area contributed by atoms with Crippen LogP contribution in [-0.4, -0.2) is 41.6 Å². The Labute approximate surface area is 130 Å². The summed E-state index contributed by atoms with van der Waals surface area (Å²) in [7, 11) is 0. The molecule has 5 nitrogen and oxygen atoms in total. The molecule has 0 fully saturated rings. The van der Waals surface area contributed by atoms with E-state index in [4.69, 9.17) is 9.84 Å². The highest BCUT2D eigenvalue weighted by Crippen LogP contribution is 2.15. The van der Waals surface area contributed by atoms with Crippen molar-refractivity contribution in [3.8, 4) is 5.75 Å². The first-order chi connectivity index (χ1) is 9.52. The number of aliphatic carboxylic acids is 1. The summed E-state index contributed by atoms with van der Waals surface area (Å²) in [4.78, 5) is 22.6. The van der Waals surface area contributed by atoms with Gasteiger partial charge >= 0.3 is 5.97 Å². The van der Waals surface area contributed by atoms with Gasteiger partial charge in [0, 0.05) is 4.47 Å². The van der Waals surface area contributed by atoms with E-state index in [0.717, 1.165) is 4.47 Å². The van der Waals surface area contributed by atoms with E-state index in [-0.39, 0.29) is 6.61 Å². The van der Waals surface area contributed by atoms with E-state index in [1.54, 1.807) is 24.3 Å². The van der Waals surface area contributed by atoms with E-state index in [1.807, 2.05) is 6.26 Å². The normalized spacial score (nSPS) is 11.7. The standard InChI is InChI=1S/C13H16BrNO4S/c1-20-7-6-11(13(17)18)15-12(16)8-19-10-4-2-9(14)3-5-10/h2-5,11H,6-8H2,1H3,(H,15,16)(H,17,18)/t11-/m1/s1. The van der Waals surface area contributed by atoms with Crippen LogP contribution in [0.1, 0.15) is 6.42 Å². The largest absolute Gasteiger partial charge is 0.484 e. The summed E-state index contributed by atoms with van der Waals surface area (Å²) in [6.45, 7) is -0.204. The predicted octanol–water partition coefficient (Wildman–Crippen LogP) is 2.15. The Morgan fingerprint density at radius 3 is 2.60 bits per heavy atom. The van der Waals surface area contributed by atoms with Gasteiger partial charge in [-0.1, -0.05) is 15.9 Å². The third-order valence-corrected chi connectivity index (χ3v) is 3.60. The highest BCUT2D eigenvalue weighted by molar-refractivity contribution is 9.10.